The van der Waals surface area contributed by atoms with Crippen LogP contribution in [0.3, 0.4) is 0 Å². The Balaban J connectivity index is 1.57. The van der Waals surface area contributed by atoms with Crippen LogP contribution >= 0.6 is 0 Å². The van der Waals surface area contributed by atoms with Crippen molar-refractivity contribution in [3.05, 3.63) is 47.4 Å². The molecule has 1 N–H and O–H groups in total. The number of fused-ring (bicyclic) bond motifs is 1. The predicted molar refractivity (Wildman–Crippen MR) is 97.9 cm³/mol. The number of ether oxygens (including phenoxy) is 1. The highest BCUT2D eigenvalue weighted by atomic mass is 19.4. The third kappa shape index (κ3) is 4.37. The molecule has 3 aromatic rings. The van der Waals surface area contributed by atoms with E-state index < -0.39 is 35.8 Å². The molecule has 1 saturated carbocycles. The molecule has 1 aliphatic rings. The Bertz CT molecular complexity index is 1090. The second-order valence-electron chi connectivity index (χ2n) is 7.30. The molecule has 2 heterocycles. The van der Waals surface area contributed by atoms with Crippen LogP contribution in [-0.2, 0) is 12.6 Å². The van der Waals surface area contributed by atoms with Crippen LogP contribution in [0.15, 0.2) is 30.5 Å². The van der Waals surface area contributed by atoms with Gasteiger partial charge in [0.1, 0.15) is 17.7 Å². The number of alkyl halides is 6. The molecule has 0 saturated heterocycles. The summed E-state index contributed by atoms with van der Waals surface area (Å²) in [6.45, 7) is 0.229. The number of hydrogen-bond donors (Lipinski definition) is 1. The Morgan fingerprint density at radius 3 is 2.55 bits per heavy atom. The summed E-state index contributed by atoms with van der Waals surface area (Å²) in [5.74, 6) is 0.223. The number of nitrogens with one attached hydrogen (secondary N) is 1. The normalized spacial score (nSPS) is 18.9. The fourth-order valence-electron chi connectivity index (χ4n) is 3.66. The van der Waals surface area contributed by atoms with Crippen molar-refractivity contribution in [2.45, 2.75) is 31.1 Å². The molecular weight excluding hydrogens is 428 g/mol. The molecule has 0 bridgehead atoms. The smallest absolute Gasteiger partial charge is 0.422 e. The minimum atomic E-state index is -4.86. The minimum absolute atomic E-state index is 0.0762. The Labute approximate surface area is 172 Å². The van der Waals surface area contributed by atoms with Gasteiger partial charge in [-0.15, -0.1) is 10.2 Å². The molecule has 0 aliphatic heterocycles. The summed E-state index contributed by atoms with van der Waals surface area (Å²) in [5.41, 5.74) is -1.33. The van der Waals surface area contributed by atoms with Crippen molar-refractivity contribution in [1.82, 2.24) is 19.8 Å². The van der Waals surface area contributed by atoms with Gasteiger partial charge in [0.15, 0.2) is 11.5 Å². The molecule has 0 amide bonds. The van der Waals surface area contributed by atoms with Gasteiger partial charge in [-0.3, -0.25) is 0 Å². The van der Waals surface area contributed by atoms with Crippen LogP contribution in [0.2, 0.25) is 0 Å². The lowest BCUT2D eigenvalue weighted by molar-refractivity contribution is -0.136. The number of halogens is 6. The Morgan fingerprint density at radius 2 is 1.87 bits per heavy atom. The molecule has 0 radical (unpaired) electrons. The topological polar surface area (TPSA) is 64.3 Å². The number of methoxy groups -OCH3 is 1. The Kier molecular flexibility index (Phi) is 5.18. The van der Waals surface area contributed by atoms with E-state index in [1.807, 2.05) is 24.3 Å². The van der Waals surface area contributed by atoms with E-state index in [0.717, 1.165) is 23.9 Å². The molecule has 2 aromatic heterocycles. The van der Waals surface area contributed by atoms with E-state index in [1.54, 1.807) is 7.11 Å². The second-order valence-corrected chi connectivity index (χ2v) is 7.30. The number of nitrogens with zero attached hydrogens (tertiary/aromatic N) is 4. The van der Waals surface area contributed by atoms with Crippen molar-refractivity contribution in [1.29, 1.82) is 0 Å². The van der Waals surface area contributed by atoms with Gasteiger partial charge in [-0.2, -0.15) is 36.0 Å². The zero-order chi connectivity index (χ0) is 22.4. The average Bonchev–Trinajstić information content (AvgIpc) is 3.37. The van der Waals surface area contributed by atoms with Gasteiger partial charge in [0, 0.05) is 6.54 Å². The van der Waals surface area contributed by atoms with Crippen molar-refractivity contribution in [3.8, 4) is 5.75 Å². The summed E-state index contributed by atoms with van der Waals surface area (Å²) in [6, 6.07) is 7.43. The van der Waals surface area contributed by atoms with Gasteiger partial charge in [0.25, 0.3) is 0 Å². The summed E-state index contributed by atoms with van der Waals surface area (Å²) < 4.78 is 84.9. The van der Waals surface area contributed by atoms with E-state index in [-0.39, 0.29) is 24.1 Å². The Morgan fingerprint density at radius 1 is 1.13 bits per heavy atom. The van der Waals surface area contributed by atoms with E-state index in [0.29, 0.717) is 4.52 Å². The first-order chi connectivity index (χ1) is 14.6. The third-order valence-electron chi connectivity index (χ3n) is 5.16. The van der Waals surface area contributed by atoms with Crippen molar-refractivity contribution in [3.63, 3.8) is 0 Å². The van der Waals surface area contributed by atoms with Crippen LogP contribution in [-0.4, -0.2) is 39.6 Å². The van der Waals surface area contributed by atoms with E-state index in [2.05, 4.69) is 20.6 Å². The highest BCUT2D eigenvalue weighted by Crippen LogP contribution is 2.50. The fourth-order valence-corrected chi connectivity index (χ4v) is 3.66. The van der Waals surface area contributed by atoms with Gasteiger partial charge in [0.05, 0.1) is 19.0 Å². The van der Waals surface area contributed by atoms with E-state index in [9.17, 15) is 26.3 Å². The van der Waals surface area contributed by atoms with Gasteiger partial charge in [-0.1, -0.05) is 18.2 Å². The molecule has 1 aromatic carbocycles. The van der Waals surface area contributed by atoms with Gasteiger partial charge < -0.3 is 10.1 Å². The van der Waals surface area contributed by atoms with Gasteiger partial charge in [-0.05, 0) is 29.9 Å². The van der Waals surface area contributed by atoms with Crippen molar-refractivity contribution < 1.29 is 31.1 Å². The largest absolute Gasteiger partial charge is 0.496 e. The lowest BCUT2D eigenvalue weighted by Gasteiger charge is -2.15. The standard InChI is InChI=1S/C19H17F6N5O/c1-31-14-5-3-2-4-11(14)12-6-10(12)8-26-13-9-27-30-15(7-18(20,21)22)28-29-17(30)16(13)19(23,24)25/h2-5,9-10,12,26H,6-8H2,1H3/t10-,12+/m0/s1. The SMILES string of the molecule is COc1ccccc1[C@@H]1C[C@H]1CNc1cnn2c(CC(F)(F)F)nnc2c1C(F)(F)F. The summed E-state index contributed by atoms with van der Waals surface area (Å²) in [6.07, 6.45) is -9.42. The molecule has 4 rings (SSSR count). The van der Waals surface area contributed by atoms with Crippen LogP contribution in [0.1, 0.15) is 29.3 Å². The monoisotopic (exact) mass is 445 g/mol. The van der Waals surface area contributed by atoms with Crippen molar-refractivity contribution >= 4 is 11.3 Å². The van der Waals surface area contributed by atoms with Gasteiger partial charge in [0.2, 0.25) is 0 Å². The quantitative estimate of drug-likeness (QED) is 0.568. The maximum absolute atomic E-state index is 13.7. The van der Waals surface area contributed by atoms with Crippen LogP contribution in [0.4, 0.5) is 32.0 Å². The maximum atomic E-state index is 13.7. The predicted octanol–water partition coefficient (Wildman–Crippen LogP) is 4.47. The van der Waals surface area contributed by atoms with Gasteiger partial charge in [-0.25, -0.2) is 0 Å². The summed E-state index contributed by atoms with van der Waals surface area (Å²) >= 11 is 0. The molecule has 6 nitrogen and oxygen atoms in total. The van der Waals surface area contributed by atoms with Crippen molar-refractivity contribution in [2.75, 3.05) is 19.0 Å². The Hall–Kier alpha value is -3.05. The van der Waals surface area contributed by atoms with Crippen LogP contribution in [0.5, 0.6) is 5.75 Å². The van der Waals surface area contributed by atoms with Crippen LogP contribution < -0.4 is 10.1 Å². The molecule has 1 fully saturated rings. The van der Waals surface area contributed by atoms with E-state index >= 15 is 0 Å². The number of para-hydroxylation sites is 1. The first kappa shape index (κ1) is 21.2. The molecule has 166 valence electrons. The van der Waals surface area contributed by atoms with Crippen LogP contribution in [0.25, 0.3) is 5.65 Å². The molecular formula is C19H17F6N5O. The maximum Gasteiger partial charge on any atom is 0.422 e. The highest BCUT2D eigenvalue weighted by molar-refractivity contribution is 5.64. The fraction of sp³-hybridized carbons (Fsp3) is 0.421. The van der Waals surface area contributed by atoms with Crippen LogP contribution in [0, 0.1) is 5.92 Å². The number of rotatable bonds is 6. The second kappa shape index (κ2) is 7.57. The molecule has 2 atom stereocenters. The summed E-state index contributed by atoms with van der Waals surface area (Å²) in [5, 5.41) is 13.0. The van der Waals surface area contributed by atoms with Crippen molar-refractivity contribution in [2.24, 2.45) is 5.92 Å². The molecule has 0 unspecified atom stereocenters. The van der Waals surface area contributed by atoms with E-state index in [1.165, 1.54) is 0 Å². The summed E-state index contributed by atoms with van der Waals surface area (Å²) in [7, 11) is 1.55. The zero-order valence-corrected chi connectivity index (χ0v) is 16.1. The first-order valence-electron chi connectivity index (χ1n) is 9.32. The minimum Gasteiger partial charge on any atom is -0.496 e. The molecule has 12 heteroatoms. The number of aromatic nitrogens is 4. The lowest BCUT2D eigenvalue weighted by Crippen LogP contribution is -2.18. The number of anilines is 1. The zero-order valence-electron chi connectivity index (χ0n) is 16.1. The summed E-state index contributed by atoms with van der Waals surface area (Å²) in [4.78, 5) is 0. The number of benzene rings is 1. The van der Waals surface area contributed by atoms with E-state index in [4.69, 9.17) is 4.74 Å². The number of hydrogen-bond acceptors (Lipinski definition) is 5. The molecule has 1 aliphatic carbocycles. The molecule has 31 heavy (non-hydrogen) atoms. The molecule has 0 spiro atoms. The highest BCUT2D eigenvalue weighted by Gasteiger charge is 2.42. The average molecular weight is 445 g/mol. The first-order valence-corrected chi connectivity index (χ1v) is 9.32. The third-order valence-corrected chi connectivity index (χ3v) is 5.16. The van der Waals surface area contributed by atoms with Gasteiger partial charge >= 0.3 is 12.4 Å². The lowest BCUT2D eigenvalue weighted by atomic mass is 10.1.